The van der Waals surface area contributed by atoms with Gasteiger partial charge in [-0.3, -0.25) is 10.00 Å². The molecule has 2 aromatic heterocycles. The van der Waals surface area contributed by atoms with E-state index in [1.54, 1.807) is 4.31 Å². The third-order valence-electron chi connectivity index (χ3n) is 6.93. The first-order chi connectivity index (χ1) is 17.0. The Hall–Kier alpha value is -2.99. The van der Waals surface area contributed by atoms with Gasteiger partial charge >= 0.3 is 0 Å². The first-order valence-electron chi connectivity index (χ1n) is 11.9. The number of aromatic amines is 1. The van der Waals surface area contributed by atoms with Crippen molar-refractivity contribution in [2.45, 2.75) is 6.54 Å². The van der Waals surface area contributed by atoms with Crippen molar-refractivity contribution < 1.29 is 13.2 Å². The summed E-state index contributed by atoms with van der Waals surface area (Å²) < 4.78 is 32.9. The summed E-state index contributed by atoms with van der Waals surface area (Å²) in [5.41, 5.74) is 4.21. The van der Waals surface area contributed by atoms with E-state index in [1.807, 2.05) is 23.0 Å². The Morgan fingerprint density at radius 1 is 1.00 bits per heavy atom. The number of fused-ring (bicyclic) bond motifs is 2. The zero-order valence-electron chi connectivity index (χ0n) is 19.7. The van der Waals surface area contributed by atoms with Crippen molar-refractivity contribution in [1.29, 1.82) is 0 Å². The number of hydrogen-bond acceptors (Lipinski definition) is 7. The van der Waals surface area contributed by atoms with Crippen LogP contribution in [-0.4, -0.2) is 96.3 Å². The van der Waals surface area contributed by atoms with E-state index in [0.29, 0.717) is 26.3 Å². The van der Waals surface area contributed by atoms with E-state index in [9.17, 15) is 8.42 Å². The molecule has 4 aromatic rings. The summed E-state index contributed by atoms with van der Waals surface area (Å²) in [6.07, 6.45) is 3.13. The molecule has 0 atom stereocenters. The number of H-pyrrole nitrogens is 1. The molecule has 184 valence electrons. The van der Waals surface area contributed by atoms with Crippen molar-refractivity contribution in [2.75, 3.05) is 63.6 Å². The molecule has 1 N–H and O–H groups in total. The van der Waals surface area contributed by atoms with Crippen molar-refractivity contribution in [3.8, 4) is 5.69 Å². The molecule has 0 radical (unpaired) electrons. The van der Waals surface area contributed by atoms with Crippen LogP contribution in [0.25, 0.3) is 27.5 Å². The number of morpholine rings is 1. The van der Waals surface area contributed by atoms with Crippen LogP contribution in [0, 0.1) is 0 Å². The van der Waals surface area contributed by atoms with E-state index in [1.165, 1.54) is 11.8 Å². The third-order valence-corrected chi connectivity index (χ3v) is 8.23. The number of ether oxygens (including phenoxy) is 1. The van der Waals surface area contributed by atoms with Gasteiger partial charge in [-0.2, -0.15) is 9.40 Å². The fourth-order valence-electron chi connectivity index (χ4n) is 5.05. The number of hydrogen-bond donors (Lipinski definition) is 1. The Morgan fingerprint density at radius 3 is 2.57 bits per heavy atom. The number of nitrogens with one attached hydrogen (secondary N) is 1. The summed E-state index contributed by atoms with van der Waals surface area (Å²) in [6, 6.07) is 12.6. The Balaban J connectivity index is 1.36. The molecule has 0 aliphatic carbocycles. The second-order valence-electron chi connectivity index (χ2n) is 9.23. The van der Waals surface area contributed by atoms with Crippen LogP contribution in [-0.2, 0) is 21.3 Å². The number of sulfonamides is 1. The number of anilines is 1. The molecule has 10 nitrogen and oxygen atoms in total. The monoisotopic (exact) mass is 495 g/mol. The summed E-state index contributed by atoms with van der Waals surface area (Å²) in [6.45, 7) is 6.29. The zero-order valence-corrected chi connectivity index (χ0v) is 20.5. The summed E-state index contributed by atoms with van der Waals surface area (Å²) in [5, 5.41) is 14.5. The summed E-state index contributed by atoms with van der Waals surface area (Å²) in [7, 11) is -3.13. The first-order valence-corrected chi connectivity index (χ1v) is 13.8. The number of benzene rings is 2. The van der Waals surface area contributed by atoms with Crippen molar-refractivity contribution in [3.05, 3.63) is 48.2 Å². The topological polar surface area (TPSA) is 99.6 Å². The minimum Gasteiger partial charge on any atom is -0.378 e. The number of piperazine rings is 1. The lowest BCUT2D eigenvalue weighted by molar-refractivity contribution is 0.122. The molecule has 0 amide bonds. The van der Waals surface area contributed by atoms with Gasteiger partial charge < -0.3 is 9.64 Å². The molecule has 0 bridgehead atoms. The van der Waals surface area contributed by atoms with Crippen molar-refractivity contribution >= 4 is 37.6 Å². The van der Waals surface area contributed by atoms with Crippen LogP contribution in [0.15, 0.2) is 42.6 Å². The van der Waals surface area contributed by atoms with Gasteiger partial charge in [0, 0.05) is 56.6 Å². The summed E-state index contributed by atoms with van der Waals surface area (Å²) >= 11 is 0. The van der Waals surface area contributed by atoms with E-state index in [0.717, 1.165) is 66.0 Å². The van der Waals surface area contributed by atoms with Crippen molar-refractivity contribution in [3.63, 3.8) is 0 Å². The molecule has 2 saturated heterocycles. The predicted octanol–water partition coefficient (Wildman–Crippen LogP) is 1.82. The second kappa shape index (κ2) is 8.90. The number of rotatable bonds is 5. The minimum absolute atomic E-state index is 0.534. The Morgan fingerprint density at radius 2 is 1.80 bits per heavy atom. The van der Waals surface area contributed by atoms with Crippen LogP contribution in [0.1, 0.15) is 5.56 Å². The van der Waals surface area contributed by atoms with Crippen LogP contribution in [0.3, 0.4) is 0 Å². The predicted molar refractivity (Wildman–Crippen MR) is 135 cm³/mol. The van der Waals surface area contributed by atoms with Crippen LogP contribution in [0.2, 0.25) is 0 Å². The van der Waals surface area contributed by atoms with Gasteiger partial charge in [-0.15, -0.1) is 5.10 Å². The highest BCUT2D eigenvalue weighted by atomic mass is 32.2. The first kappa shape index (κ1) is 22.5. The van der Waals surface area contributed by atoms with E-state index < -0.39 is 10.0 Å². The van der Waals surface area contributed by atoms with Gasteiger partial charge in [0.2, 0.25) is 10.0 Å². The van der Waals surface area contributed by atoms with Crippen LogP contribution >= 0.6 is 0 Å². The fraction of sp³-hybridized carbons (Fsp3) is 0.417. The maximum Gasteiger partial charge on any atom is 0.211 e. The molecule has 2 aliphatic heterocycles. The summed E-state index contributed by atoms with van der Waals surface area (Å²) in [4.78, 5) is 4.61. The standard InChI is InChI=1S/C24H29N7O3S/c1-35(32,33)30-9-7-28(8-10-30)17-18-5-6-23-19(15-18)24(29-11-13-34-14-12-29)27-31(23)22-4-2-3-21-20(22)16-25-26-21/h2-6,15-16H,7-14,17H2,1H3,(H,25,26). The van der Waals surface area contributed by atoms with Gasteiger partial charge in [0.15, 0.2) is 5.82 Å². The third kappa shape index (κ3) is 4.29. The molecule has 35 heavy (non-hydrogen) atoms. The second-order valence-corrected chi connectivity index (χ2v) is 11.2. The maximum absolute atomic E-state index is 11.8. The maximum atomic E-state index is 11.8. The molecule has 2 aliphatic rings. The van der Waals surface area contributed by atoms with Gasteiger partial charge in [0.05, 0.1) is 42.4 Å². The molecule has 11 heteroatoms. The molecular weight excluding hydrogens is 466 g/mol. The highest BCUT2D eigenvalue weighted by molar-refractivity contribution is 7.88. The van der Waals surface area contributed by atoms with Crippen LogP contribution in [0.4, 0.5) is 5.82 Å². The highest BCUT2D eigenvalue weighted by Gasteiger charge is 2.25. The smallest absolute Gasteiger partial charge is 0.211 e. The lowest BCUT2D eigenvalue weighted by Crippen LogP contribution is -2.47. The molecule has 0 spiro atoms. The Labute approximate surface area is 204 Å². The fourth-order valence-corrected chi connectivity index (χ4v) is 5.88. The van der Waals surface area contributed by atoms with Gasteiger partial charge in [-0.25, -0.2) is 13.1 Å². The Bertz CT molecular complexity index is 1470. The minimum atomic E-state index is -3.13. The average Bonchev–Trinajstić information content (AvgIpc) is 3.49. The van der Waals surface area contributed by atoms with Crippen LogP contribution in [0.5, 0.6) is 0 Å². The molecule has 0 unspecified atom stereocenters. The molecule has 2 aromatic carbocycles. The molecule has 4 heterocycles. The van der Waals surface area contributed by atoms with E-state index in [2.05, 4.69) is 44.3 Å². The largest absolute Gasteiger partial charge is 0.378 e. The summed E-state index contributed by atoms with van der Waals surface area (Å²) in [5.74, 6) is 0.965. The van der Waals surface area contributed by atoms with Gasteiger partial charge in [-0.1, -0.05) is 12.1 Å². The van der Waals surface area contributed by atoms with Crippen molar-refractivity contribution in [2.24, 2.45) is 0 Å². The molecule has 2 fully saturated rings. The van der Waals surface area contributed by atoms with Gasteiger partial charge in [0.25, 0.3) is 0 Å². The SMILES string of the molecule is CS(=O)(=O)N1CCN(Cc2ccc3c(c2)c(N2CCOCC2)nn3-c2cccc3[nH]ncc23)CC1. The van der Waals surface area contributed by atoms with Gasteiger partial charge in [-0.05, 0) is 29.8 Å². The lowest BCUT2D eigenvalue weighted by Gasteiger charge is -2.33. The molecular formula is C24H29N7O3S. The van der Waals surface area contributed by atoms with Gasteiger partial charge in [0.1, 0.15) is 0 Å². The van der Waals surface area contributed by atoms with Crippen molar-refractivity contribution in [1.82, 2.24) is 29.2 Å². The lowest BCUT2D eigenvalue weighted by atomic mass is 10.1. The quantitative estimate of drug-likeness (QED) is 0.451. The molecule has 0 saturated carbocycles. The van der Waals surface area contributed by atoms with E-state index >= 15 is 0 Å². The highest BCUT2D eigenvalue weighted by Crippen LogP contribution is 2.32. The van der Waals surface area contributed by atoms with Crippen LogP contribution < -0.4 is 4.90 Å². The zero-order chi connectivity index (χ0) is 24.0. The number of nitrogens with zero attached hydrogens (tertiary/aromatic N) is 6. The Kier molecular flexibility index (Phi) is 5.72. The van der Waals surface area contributed by atoms with E-state index in [4.69, 9.17) is 9.84 Å². The molecule has 6 rings (SSSR count). The average molecular weight is 496 g/mol. The normalized spacial score (nSPS) is 18.6. The van der Waals surface area contributed by atoms with E-state index in [-0.39, 0.29) is 0 Å². The number of aromatic nitrogens is 4.